The molecule has 0 saturated heterocycles. The molecule has 4 aromatic rings. The first kappa shape index (κ1) is 25.3. The van der Waals surface area contributed by atoms with E-state index < -0.39 is 0 Å². The van der Waals surface area contributed by atoms with E-state index in [-0.39, 0.29) is 11.9 Å². The number of fused-ring (bicyclic) bond motifs is 1. The third-order valence-corrected chi connectivity index (χ3v) is 5.78. The number of benzene rings is 3. The minimum atomic E-state index is -0.279. The highest BCUT2D eigenvalue weighted by molar-refractivity contribution is 6.31. The van der Waals surface area contributed by atoms with Gasteiger partial charge in [-0.3, -0.25) is 9.59 Å². The molecule has 0 aliphatic heterocycles. The lowest BCUT2D eigenvalue weighted by molar-refractivity contribution is -0.143. The number of hydrogen-bond acceptors (Lipinski definition) is 5. The Kier molecular flexibility index (Phi) is 8.57. The summed E-state index contributed by atoms with van der Waals surface area (Å²) in [6, 6.07) is 22.8. The first-order chi connectivity index (χ1) is 17.5. The third kappa shape index (κ3) is 6.64. The minimum Gasteiger partial charge on any atom is -0.494 e. The van der Waals surface area contributed by atoms with Crippen molar-refractivity contribution in [1.82, 2.24) is 14.9 Å². The van der Waals surface area contributed by atoms with Crippen LogP contribution >= 0.6 is 11.6 Å². The number of rotatable bonds is 11. The SMILES string of the molecule is CCOC(=O)CCCOc1cccc(CNC(=O)c2nc3ccc(Cl)cc3n2Cc2ccccc2)c1. The normalized spacial score (nSPS) is 10.8. The summed E-state index contributed by atoms with van der Waals surface area (Å²) >= 11 is 6.24. The lowest BCUT2D eigenvalue weighted by atomic mass is 10.2. The number of halogens is 1. The van der Waals surface area contributed by atoms with Crippen LogP contribution in [0.1, 0.15) is 41.5 Å². The van der Waals surface area contributed by atoms with E-state index in [1.54, 1.807) is 13.0 Å². The fourth-order valence-corrected chi connectivity index (χ4v) is 4.01. The van der Waals surface area contributed by atoms with E-state index >= 15 is 0 Å². The van der Waals surface area contributed by atoms with Gasteiger partial charge in [0.25, 0.3) is 5.91 Å². The second-order valence-corrected chi connectivity index (χ2v) is 8.66. The molecule has 0 fully saturated rings. The Morgan fingerprint density at radius 3 is 2.61 bits per heavy atom. The summed E-state index contributed by atoms with van der Waals surface area (Å²) in [5.74, 6) is 0.496. The Morgan fingerprint density at radius 1 is 1.00 bits per heavy atom. The lowest BCUT2D eigenvalue weighted by Gasteiger charge is -2.11. The molecule has 3 aromatic carbocycles. The van der Waals surface area contributed by atoms with Gasteiger partial charge in [-0.25, -0.2) is 4.98 Å². The largest absolute Gasteiger partial charge is 0.494 e. The Labute approximate surface area is 215 Å². The molecule has 0 aliphatic rings. The van der Waals surface area contributed by atoms with Crippen molar-refractivity contribution in [3.63, 3.8) is 0 Å². The van der Waals surface area contributed by atoms with Crippen LogP contribution in [-0.4, -0.2) is 34.6 Å². The monoisotopic (exact) mass is 505 g/mol. The van der Waals surface area contributed by atoms with Gasteiger partial charge in [0.05, 0.1) is 24.2 Å². The van der Waals surface area contributed by atoms with E-state index in [0.29, 0.717) is 61.3 Å². The molecule has 1 aromatic heterocycles. The molecule has 0 aliphatic carbocycles. The van der Waals surface area contributed by atoms with E-state index in [1.807, 2.05) is 71.3 Å². The van der Waals surface area contributed by atoms with E-state index in [1.165, 1.54) is 0 Å². The van der Waals surface area contributed by atoms with E-state index in [4.69, 9.17) is 21.1 Å². The average molecular weight is 506 g/mol. The van der Waals surface area contributed by atoms with Crippen LogP contribution in [0.3, 0.4) is 0 Å². The second kappa shape index (κ2) is 12.2. The van der Waals surface area contributed by atoms with Crippen LogP contribution in [0.5, 0.6) is 5.75 Å². The molecular formula is C28H28ClN3O4. The summed E-state index contributed by atoms with van der Waals surface area (Å²) in [5.41, 5.74) is 3.45. The van der Waals surface area contributed by atoms with Gasteiger partial charge in [0.2, 0.25) is 0 Å². The first-order valence-electron chi connectivity index (χ1n) is 11.9. The van der Waals surface area contributed by atoms with Crippen LogP contribution < -0.4 is 10.1 Å². The van der Waals surface area contributed by atoms with Crippen molar-refractivity contribution in [3.05, 3.63) is 94.8 Å². The van der Waals surface area contributed by atoms with Crippen molar-refractivity contribution in [1.29, 1.82) is 0 Å². The highest BCUT2D eigenvalue weighted by atomic mass is 35.5. The molecule has 0 atom stereocenters. The number of nitrogens with zero attached hydrogens (tertiary/aromatic N) is 2. The van der Waals surface area contributed by atoms with Gasteiger partial charge in [0, 0.05) is 24.5 Å². The van der Waals surface area contributed by atoms with Crippen LogP contribution in [-0.2, 0) is 22.6 Å². The van der Waals surface area contributed by atoms with Crippen LogP contribution in [0, 0.1) is 0 Å². The van der Waals surface area contributed by atoms with Crippen molar-refractivity contribution < 1.29 is 19.1 Å². The molecule has 0 spiro atoms. The number of esters is 1. The molecule has 36 heavy (non-hydrogen) atoms. The Morgan fingerprint density at radius 2 is 1.81 bits per heavy atom. The highest BCUT2D eigenvalue weighted by Gasteiger charge is 2.18. The van der Waals surface area contributed by atoms with E-state index in [0.717, 1.165) is 16.6 Å². The molecule has 1 heterocycles. The van der Waals surface area contributed by atoms with Crippen LogP contribution in [0.25, 0.3) is 11.0 Å². The molecule has 0 radical (unpaired) electrons. The molecule has 7 nitrogen and oxygen atoms in total. The number of ether oxygens (including phenoxy) is 2. The molecule has 0 saturated carbocycles. The number of hydrogen-bond donors (Lipinski definition) is 1. The molecular weight excluding hydrogens is 478 g/mol. The fraction of sp³-hybridized carbons (Fsp3) is 0.250. The zero-order valence-corrected chi connectivity index (χ0v) is 20.8. The molecule has 1 amide bonds. The van der Waals surface area contributed by atoms with Gasteiger partial charge in [-0.1, -0.05) is 54.1 Å². The van der Waals surface area contributed by atoms with Gasteiger partial charge in [-0.05, 0) is 54.8 Å². The second-order valence-electron chi connectivity index (χ2n) is 8.23. The van der Waals surface area contributed by atoms with Crippen LogP contribution in [0.4, 0.5) is 0 Å². The van der Waals surface area contributed by atoms with Crippen molar-refractivity contribution >= 4 is 34.5 Å². The predicted octanol–water partition coefficient (Wildman–Crippen LogP) is 5.39. The molecule has 0 unspecified atom stereocenters. The van der Waals surface area contributed by atoms with Gasteiger partial charge in [0.15, 0.2) is 5.82 Å². The number of carbonyl (C=O) groups is 2. The number of nitrogens with one attached hydrogen (secondary N) is 1. The third-order valence-electron chi connectivity index (χ3n) is 5.55. The minimum absolute atomic E-state index is 0.224. The average Bonchev–Trinajstić information content (AvgIpc) is 3.23. The molecule has 186 valence electrons. The number of aromatic nitrogens is 2. The summed E-state index contributed by atoms with van der Waals surface area (Å²) in [5, 5.41) is 3.55. The zero-order valence-electron chi connectivity index (χ0n) is 20.1. The summed E-state index contributed by atoms with van der Waals surface area (Å²) in [7, 11) is 0. The van der Waals surface area contributed by atoms with E-state index in [2.05, 4.69) is 10.3 Å². The van der Waals surface area contributed by atoms with Crippen molar-refractivity contribution in [2.75, 3.05) is 13.2 Å². The quantitative estimate of drug-likeness (QED) is 0.218. The Bertz CT molecular complexity index is 1340. The maximum absolute atomic E-state index is 13.2. The van der Waals surface area contributed by atoms with Gasteiger partial charge in [-0.15, -0.1) is 0 Å². The van der Waals surface area contributed by atoms with Crippen LogP contribution in [0.2, 0.25) is 5.02 Å². The van der Waals surface area contributed by atoms with Gasteiger partial charge >= 0.3 is 5.97 Å². The Balaban J connectivity index is 1.42. The van der Waals surface area contributed by atoms with Crippen molar-refractivity contribution in [3.8, 4) is 5.75 Å². The molecule has 1 N–H and O–H groups in total. The fourth-order valence-electron chi connectivity index (χ4n) is 3.84. The Hall–Kier alpha value is -3.84. The summed E-state index contributed by atoms with van der Waals surface area (Å²) in [6.45, 7) is 3.38. The summed E-state index contributed by atoms with van der Waals surface area (Å²) < 4.78 is 12.6. The standard InChI is InChI=1S/C28H28ClN3O4/c1-2-35-26(33)12-7-15-36-23-11-6-10-21(16-23)18-30-28(34)27-31-24-14-13-22(29)17-25(24)32(27)19-20-8-4-3-5-9-20/h3-6,8-11,13-14,16-17H,2,7,12,15,18-19H2,1H3,(H,30,34). The van der Waals surface area contributed by atoms with Crippen molar-refractivity contribution in [2.24, 2.45) is 0 Å². The summed E-state index contributed by atoms with van der Waals surface area (Å²) in [4.78, 5) is 29.2. The van der Waals surface area contributed by atoms with Gasteiger partial charge < -0.3 is 19.4 Å². The smallest absolute Gasteiger partial charge is 0.305 e. The summed E-state index contributed by atoms with van der Waals surface area (Å²) in [6.07, 6.45) is 0.889. The predicted molar refractivity (Wildman–Crippen MR) is 139 cm³/mol. The van der Waals surface area contributed by atoms with E-state index in [9.17, 15) is 9.59 Å². The molecule has 4 rings (SSSR count). The highest BCUT2D eigenvalue weighted by Crippen LogP contribution is 2.22. The lowest BCUT2D eigenvalue weighted by Crippen LogP contribution is -2.26. The van der Waals surface area contributed by atoms with Crippen LogP contribution in [0.15, 0.2) is 72.8 Å². The van der Waals surface area contributed by atoms with Gasteiger partial charge in [0.1, 0.15) is 5.75 Å². The molecule has 8 heteroatoms. The maximum Gasteiger partial charge on any atom is 0.305 e. The molecule has 0 bridgehead atoms. The van der Waals surface area contributed by atoms with Crippen molar-refractivity contribution in [2.45, 2.75) is 32.9 Å². The maximum atomic E-state index is 13.2. The number of carbonyl (C=O) groups excluding carboxylic acids is 2. The first-order valence-corrected chi connectivity index (χ1v) is 12.3. The zero-order chi connectivity index (χ0) is 25.3. The number of amides is 1. The topological polar surface area (TPSA) is 82.4 Å². The number of imidazole rings is 1. The van der Waals surface area contributed by atoms with Gasteiger partial charge in [-0.2, -0.15) is 0 Å².